The number of aliphatic hydroxyl groups is 1. The minimum Gasteiger partial charge on any atom is -0.508 e. The zero-order chi connectivity index (χ0) is 23.0. The second-order valence-electron chi connectivity index (χ2n) is 8.67. The molecule has 4 nitrogen and oxygen atoms in total. The number of rotatable bonds is 10. The van der Waals surface area contributed by atoms with E-state index in [0.717, 1.165) is 36.2 Å². The maximum absolute atomic E-state index is 10.4. The first-order valence-electron chi connectivity index (χ1n) is 10.9. The lowest BCUT2D eigenvalue weighted by Gasteiger charge is -2.10. The highest BCUT2D eigenvalue weighted by Crippen LogP contribution is 2.28. The molecule has 1 atom stereocenters. The van der Waals surface area contributed by atoms with Crippen LogP contribution in [0.3, 0.4) is 0 Å². The average Bonchev–Trinajstić information content (AvgIpc) is 3.07. The van der Waals surface area contributed by atoms with Crippen LogP contribution >= 0.6 is 0 Å². The van der Waals surface area contributed by atoms with Crippen LogP contribution in [0.2, 0.25) is 0 Å². The van der Waals surface area contributed by atoms with E-state index in [1.165, 1.54) is 11.1 Å². The molecule has 0 spiro atoms. The van der Waals surface area contributed by atoms with Gasteiger partial charge in [0.05, 0.1) is 12.4 Å². The second-order valence-corrected chi connectivity index (χ2v) is 8.67. The van der Waals surface area contributed by atoms with Gasteiger partial charge in [0.25, 0.3) is 0 Å². The minimum absolute atomic E-state index is 0.151. The summed E-state index contributed by atoms with van der Waals surface area (Å²) in [6, 6.07) is 5.19. The van der Waals surface area contributed by atoms with Crippen LogP contribution < -0.4 is 0 Å². The van der Waals surface area contributed by atoms with Crippen LogP contribution in [0.15, 0.2) is 63.8 Å². The number of aryl methyl sites for hydroxylation is 2. The van der Waals surface area contributed by atoms with Crippen LogP contribution in [-0.2, 0) is 12.8 Å². The third-order valence-corrected chi connectivity index (χ3v) is 5.31. The maximum Gasteiger partial charge on any atom is 0.122 e. The fourth-order valence-corrected chi connectivity index (χ4v) is 3.63. The Morgan fingerprint density at radius 1 is 1.00 bits per heavy atom. The Morgan fingerprint density at radius 2 is 1.74 bits per heavy atom. The standard InChI is InChI=1S/C27H36O4/c1-18(7-6-8-19(2)13-26-14-21(4)17-31-26)11-24(28)12-20(3)9-10-23-16-25(29)15-22(5)27(23)30/h8-9,11,14-17,24,28-30H,6-7,10,12-13H2,1-5H3/b18-11+,19-8+,20-9+/t24-/m0/s1. The monoisotopic (exact) mass is 424 g/mol. The molecule has 0 fully saturated rings. The summed E-state index contributed by atoms with van der Waals surface area (Å²) < 4.78 is 5.50. The van der Waals surface area contributed by atoms with Gasteiger partial charge in [0.1, 0.15) is 17.3 Å². The quantitative estimate of drug-likeness (QED) is 0.302. The summed E-state index contributed by atoms with van der Waals surface area (Å²) in [6.45, 7) is 9.93. The summed E-state index contributed by atoms with van der Waals surface area (Å²) in [5, 5.41) is 30.3. The molecule has 1 aromatic heterocycles. The van der Waals surface area contributed by atoms with Gasteiger partial charge in [0, 0.05) is 12.0 Å². The molecule has 0 saturated heterocycles. The van der Waals surface area contributed by atoms with Gasteiger partial charge in [0.2, 0.25) is 0 Å². The highest BCUT2D eigenvalue weighted by atomic mass is 16.3. The molecule has 2 aromatic rings. The molecule has 0 radical (unpaired) electrons. The molecular formula is C27H36O4. The number of aliphatic hydroxyl groups excluding tert-OH is 1. The minimum atomic E-state index is -0.535. The molecule has 1 heterocycles. The fourth-order valence-electron chi connectivity index (χ4n) is 3.63. The summed E-state index contributed by atoms with van der Waals surface area (Å²) in [7, 11) is 0. The molecule has 2 rings (SSSR count). The Bertz CT molecular complexity index is 960. The normalized spacial score (nSPS) is 14.2. The number of hydrogen-bond acceptors (Lipinski definition) is 4. The summed E-state index contributed by atoms with van der Waals surface area (Å²) >= 11 is 0. The number of furan rings is 1. The topological polar surface area (TPSA) is 73.8 Å². The van der Waals surface area contributed by atoms with E-state index in [4.69, 9.17) is 4.42 Å². The van der Waals surface area contributed by atoms with Crippen LogP contribution in [-0.4, -0.2) is 21.4 Å². The third-order valence-electron chi connectivity index (χ3n) is 5.31. The summed E-state index contributed by atoms with van der Waals surface area (Å²) in [5.41, 5.74) is 5.98. The van der Waals surface area contributed by atoms with Gasteiger partial charge in [-0.15, -0.1) is 0 Å². The molecule has 31 heavy (non-hydrogen) atoms. The first-order chi connectivity index (χ1) is 14.6. The lowest BCUT2D eigenvalue weighted by Crippen LogP contribution is -2.04. The van der Waals surface area contributed by atoms with E-state index in [0.29, 0.717) is 24.0 Å². The zero-order valence-electron chi connectivity index (χ0n) is 19.4. The van der Waals surface area contributed by atoms with Crippen LogP contribution in [0, 0.1) is 13.8 Å². The fraction of sp³-hybridized carbons (Fsp3) is 0.407. The van der Waals surface area contributed by atoms with E-state index >= 15 is 0 Å². The number of hydrogen-bond donors (Lipinski definition) is 3. The van der Waals surface area contributed by atoms with Gasteiger partial charge in [-0.05, 0) is 89.6 Å². The molecule has 0 aliphatic rings. The number of phenols is 2. The average molecular weight is 425 g/mol. The van der Waals surface area contributed by atoms with Gasteiger partial charge in [-0.25, -0.2) is 0 Å². The molecule has 4 heteroatoms. The lowest BCUT2D eigenvalue weighted by atomic mass is 10.0. The van der Waals surface area contributed by atoms with Crippen LogP contribution in [0.25, 0.3) is 0 Å². The first kappa shape index (κ1) is 24.5. The van der Waals surface area contributed by atoms with Gasteiger partial charge in [-0.3, -0.25) is 0 Å². The van der Waals surface area contributed by atoms with E-state index < -0.39 is 6.10 Å². The Labute approximate surface area is 186 Å². The Hall–Kier alpha value is -2.72. The van der Waals surface area contributed by atoms with Crippen LogP contribution in [0.4, 0.5) is 0 Å². The molecule has 0 amide bonds. The van der Waals surface area contributed by atoms with Gasteiger partial charge in [0.15, 0.2) is 0 Å². The maximum atomic E-state index is 10.4. The van der Waals surface area contributed by atoms with Gasteiger partial charge >= 0.3 is 0 Å². The van der Waals surface area contributed by atoms with Crippen molar-refractivity contribution in [1.29, 1.82) is 0 Å². The second kappa shape index (κ2) is 11.6. The molecule has 168 valence electrons. The first-order valence-corrected chi connectivity index (χ1v) is 10.9. The van der Waals surface area contributed by atoms with Gasteiger partial charge in [-0.1, -0.05) is 34.9 Å². The van der Waals surface area contributed by atoms with Gasteiger partial charge in [-0.2, -0.15) is 0 Å². The Kier molecular flexibility index (Phi) is 9.20. The number of allylic oxidation sites excluding steroid dienone is 4. The summed E-state index contributed by atoms with van der Waals surface area (Å²) in [4.78, 5) is 0. The molecular weight excluding hydrogens is 388 g/mol. The van der Waals surface area contributed by atoms with Crippen molar-refractivity contribution in [2.75, 3.05) is 0 Å². The zero-order valence-corrected chi connectivity index (χ0v) is 19.4. The van der Waals surface area contributed by atoms with E-state index in [2.05, 4.69) is 26.0 Å². The molecule has 0 aliphatic carbocycles. The molecule has 0 aliphatic heterocycles. The molecule has 0 saturated carbocycles. The lowest BCUT2D eigenvalue weighted by molar-refractivity contribution is 0.222. The van der Waals surface area contributed by atoms with E-state index in [1.54, 1.807) is 25.3 Å². The van der Waals surface area contributed by atoms with Gasteiger partial charge < -0.3 is 19.7 Å². The molecule has 0 unspecified atom stereocenters. The van der Waals surface area contributed by atoms with Crippen molar-refractivity contribution in [3.05, 3.63) is 81.9 Å². The highest BCUT2D eigenvalue weighted by molar-refractivity contribution is 5.46. The molecule has 0 bridgehead atoms. The Balaban J connectivity index is 1.82. The van der Waals surface area contributed by atoms with Crippen LogP contribution in [0.1, 0.15) is 62.5 Å². The number of aromatic hydroxyl groups is 2. The van der Waals surface area contributed by atoms with Crippen molar-refractivity contribution in [1.82, 2.24) is 0 Å². The number of phenolic OH excluding ortho intramolecular Hbond substituents is 2. The van der Waals surface area contributed by atoms with E-state index in [9.17, 15) is 15.3 Å². The SMILES string of the molecule is C/C(=C\[C@H](O)C/C(C)=C/Cc1cc(O)cc(C)c1O)CC/C=C(\C)Cc1cc(C)co1. The van der Waals surface area contributed by atoms with Crippen LogP contribution in [0.5, 0.6) is 11.5 Å². The largest absolute Gasteiger partial charge is 0.508 e. The van der Waals surface area contributed by atoms with E-state index in [-0.39, 0.29) is 11.5 Å². The third kappa shape index (κ3) is 8.50. The van der Waals surface area contributed by atoms with Crippen molar-refractivity contribution in [3.63, 3.8) is 0 Å². The molecule has 1 aromatic carbocycles. The summed E-state index contributed by atoms with van der Waals surface area (Å²) in [6.07, 6.45) is 11.1. The van der Waals surface area contributed by atoms with Crippen molar-refractivity contribution in [2.45, 2.75) is 72.8 Å². The highest BCUT2D eigenvalue weighted by Gasteiger charge is 2.07. The Morgan fingerprint density at radius 3 is 2.42 bits per heavy atom. The van der Waals surface area contributed by atoms with Crippen molar-refractivity contribution < 1.29 is 19.7 Å². The predicted molar refractivity (Wildman–Crippen MR) is 126 cm³/mol. The van der Waals surface area contributed by atoms with Crippen molar-refractivity contribution >= 4 is 0 Å². The van der Waals surface area contributed by atoms with E-state index in [1.807, 2.05) is 26.0 Å². The van der Waals surface area contributed by atoms with Crippen molar-refractivity contribution in [3.8, 4) is 11.5 Å². The number of benzene rings is 1. The smallest absolute Gasteiger partial charge is 0.122 e. The predicted octanol–water partition coefficient (Wildman–Crippen LogP) is 6.46. The van der Waals surface area contributed by atoms with Crippen molar-refractivity contribution in [2.24, 2.45) is 0 Å². The molecule has 3 N–H and O–H groups in total. The summed E-state index contributed by atoms with van der Waals surface area (Å²) in [5.74, 6) is 1.35.